The van der Waals surface area contributed by atoms with Gasteiger partial charge in [0.05, 0.1) is 25.5 Å². The molecule has 0 radical (unpaired) electrons. The fraction of sp³-hybridized carbons (Fsp3) is 0.632. The largest absolute Gasteiger partial charge is 0.377 e. The van der Waals surface area contributed by atoms with Crippen LogP contribution in [0, 0.1) is 13.8 Å². The van der Waals surface area contributed by atoms with E-state index in [9.17, 15) is 4.79 Å². The smallest absolute Gasteiger partial charge is 0.223 e. The maximum Gasteiger partial charge on any atom is 0.223 e. The zero-order valence-electron chi connectivity index (χ0n) is 15.9. The summed E-state index contributed by atoms with van der Waals surface area (Å²) in [5, 5.41) is 5.57. The summed E-state index contributed by atoms with van der Waals surface area (Å²) in [5.74, 6) is 0.201. The van der Waals surface area contributed by atoms with Gasteiger partial charge in [-0.2, -0.15) is 5.10 Å². The van der Waals surface area contributed by atoms with Crippen molar-refractivity contribution in [2.45, 2.75) is 59.5 Å². The highest BCUT2D eigenvalue weighted by Crippen LogP contribution is 2.25. The van der Waals surface area contributed by atoms with Gasteiger partial charge in [-0.3, -0.25) is 4.79 Å². The topological polar surface area (TPSA) is 60.2 Å². The molecule has 3 rings (SSSR count). The molecule has 6 nitrogen and oxygen atoms in total. The number of pyridine rings is 1. The van der Waals surface area contributed by atoms with Gasteiger partial charge in [-0.1, -0.05) is 0 Å². The summed E-state index contributed by atoms with van der Waals surface area (Å²) in [6, 6.07) is 0.437. The average molecular weight is 344 g/mol. The Labute approximate surface area is 149 Å². The van der Waals surface area contributed by atoms with Gasteiger partial charge in [0.2, 0.25) is 5.91 Å². The van der Waals surface area contributed by atoms with Gasteiger partial charge in [0.25, 0.3) is 0 Å². The van der Waals surface area contributed by atoms with Crippen molar-refractivity contribution in [2.24, 2.45) is 0 Å². The minimum atomic E-state index is 0.160. The van der Waals surface area contributed by atoms with E-state index in [0.29, 0.717) is 26.2 Å². The molecule has 2 aromatic rings. The number of morpholine rings is 1. The summed E-state index contributed by atoms with van der Waals surface area (Å²) in [5.41, 5.74) is 4.29. The van der Waals surface area contributed by atoms with E-state index in [1.165, 1.54) is 11.1 Å². The fourth-order valence-electron chi connectivity index (χ4n) is 3.61. The van der Waals surface area contributed by atoms with Crippen molar-refractivity contribution >= 4 is 16.9 Å². The summed E-state index contributed by atoms with van der Waals surface area (Å²) in [6.07, 6.45) is 3.13. The number of carbonyl (C=O) groups excluding carboxylic acids is 1. The lowest BCUT2D eigenvalue weighted by molar-refractivity contribution is -0.139. The summed E-state index contributed by atoms with van der Waals surface area (Å²) in [7, 11) is 0. The molecule has 0 spiro atoms. The zero-order valence-corrected chi connectivity index (χ0v) is 15.9. The van der Waals surface area contributed by atoms with Crippen LogP contribution in [0.2, 0.25) is 0 Å². The molecule has 136 valence electrons. The van der Waals surface area contributed by atoms with E-state index in [1.807, 2.05) is 29.6 Å². The standard InChI is InChI=1S/C19H28N4O2/c1-12(2)23-19-17(10-20-23)14(4)16(15(5)21-19)6-7-18(24)22-8-9-25-11-13(22)3/h10,12-13H,6-9,11H2,1-5H3/t13-/m1/s1. The van der Waals surface area contributed by atoms with Crippen LogP contribution in [-0.2, 0) is 16.0 Å². The lowest BCUT2D eigenvalue weighted by Crippen LogP contribution is -2.47. The molecule has 0 aromatic carbocycles. The Bertz CT molecular complexity index is 781. The zero-order chi connectivity index (χ0) is 18.1. The first-order valence-corrected chi connectivity index (χ1v) is 9.10. The maximum absolute atomic E-state index is 12.6. The molecule has 1 amide bonds. The van der Waals surface area contributed by atoms with E-state index < -0.39 is 0 Å². The van der Waals surface area contributed by atoms with Crippen LogP contribution in [-0.4, -0.2) is 51.4 Å². The molecule has 3 heterocycles. The molecule has 1 aliphatic heterocycles. The van der Waals surface area contributed by atoms with Gasteiger partial charge in [0.15, 0.2) is 5.65 Å². The number of amides is 1. The van der Waals surface area contributed by atoms with Crippen LogP contribution in [0.15, 0.2) is 6.20 Å². The Kier molecular flexibility index (Phi) is 5.08. The number of carbonyl (C=O) groups is 1. The van der Waals surface area contributed by atoms with Gasteiger partial charge >= 0.3 is 0 Å². The highest BCUT2D eigenvalue weighted by molar-refractivity contribution is 5.81. The molecule has 1 fully saturated rings. The molecule has 1 aliphatic rings. The monoisotopic (exact) mass is 344 g/mol. The average Bonchev–Trinajstić information content (AvgIpc) is 2.99. The van der Waals surface area contributed by atoms with Gasteiger partial charge in [0.1, 0.15) is 0 Å². The van der Waals surface area contributed by atoms with Crippen LogP contribution in [0.4, 0.5) is 0 Å². The molecule has 2 aromatic heterocycles. The van der Waals surface area contributed by atoms with Crippen molar-refractivity contribution in [3.8, 4) is 0 Å². The number of ether oxygens (including phenoxy) is 1. The van der Waals surface area contributed by atoms with Gasteiger partial charge in [-0.25, -0.2) is 9.67 Å². The Hall–Kier alpha value is -1.95. The van der Waals surface area contributed by atoms with Gasteiger partial charge in [-0.05, 0) is 52.2 Å². The second-order valence-corrected chi connectivity index (χ2v) is 7.23. The van der Waals surface area contributed by atoms with E-state index in [2.05, 4.69) is 25.9 Å². The molecule has 6 heteroatoms. The van der Waals surface area contributed by atoms with Crippen molar-refractivity contribution < 1.29 is 9.53 Å². The molecule has 0 bridgehead atoms. The molecular weight excluding hydrogens is 316 g/mol. The molecular formula is C19H28N4O2. The van der Waals surface area contributed by atoms with Crippen molar-refractivity contribution in [3.05, 3.63) is 23.0 Å². The Morgan fingerprint density at radius 1 is 1.40 bits per heavy atom. The third-order valence-corrected chi connectivity index (χ3v) is 5.10. The third kappa shape index (κ3) is 3.40. The number of fused-ring (bicyclic) bond motifs is 1. The third-order valence-electron chi connectivity index (χ3n) is 5.10. The lowest BCUT2D eigenvalue weighted by Gasteiger charge is -2.33. The molecule has 0 aliphatic carbocycles. The first kappa shape index (κ1) is 17.9. The Balaban J connectivity index is 1.81. The summed E-state index contributed by atoms with van der Waals surface area (Å²) >= 11 is 0. The molecule has 1 saturated heterocycles. The number of aromatic nitrogens is 3. The Morgan fingerprint density at radius 2 is 2.16 bits per heavy atom. The summed E-state index contributed by atoms with van der Waals surface area (Å²) in [4.78, 5) is 19.3. The number of rotatable bonds is 4. The van der Waals surface area contributed by atoms with E-state index in [0.717, 1.165) is 23.1 Å². The highest BCUT2D eigenvalue weighted by atomic mass is 16.5. The van der Waals surface area contributed by atoms with Crippen LogP contribution in [0.3, 0.4) is 0 Å². The van der Waals surface area contributed by atoms with Crippen molar-refractivity contribution in [1.82, 2.24) is 19.7 Å². The molecule has 1 atom stereocenters. The summed E-state index contributed by atoms with van der Waals surface area (Å²) in [6.45, 7) is 12.4. The first-order chi connectivity index (χ1) is 11.9. The molecule has 0 N–H and O–H groups in total. The quantitative estimate of drug-likeness (QED) is 0.856. The molecule has 0 saturated carbocycles. The van der Waals surface area contributed by atoms with E-state index in [-0.39, 0.29) is 18.0 Å². The van der Waals surface area contributed by atoms with Gasteiger partial charge in [0, 0.05) is 30.1 Å². The number of hydrogen-bond acceptors (Lipinski definition) is 4. The second kappa shape index (κ2) is 7.12. The number of aryl methyl sites for hydroxylation is 2. The van der Waals surface area contributed by atoms with Crippen LogP contribution in [0.1, 0.15) is 50.1 Å². The number of hydrogen-bond donors (Lipinski definition) is 0. The molecule has 0 unspecified atom stereocenters. The van der Waals surface area contributed by atoms with E-state index >= 15 is 0 Å². The van der Waals surface area contributed by atoms with Crippen LogP contribution < -0.4 is 0 Å². The molecule has 25 heavy (non-hydrogen) atoms. The summed E-state index contributed by atoms with van der Waals surface area (Å²) < 4.78 is 7.38. The fourth-order valence-corrected chi connectivity index (χ4v) is 3.61. The predicted octanol–water partition coefficient (Wildman–Crippen LogP) is 2.81. The highest BCUT2D eigenvalue weighted by Gasteiger charge is 2.24. The van der Waals surface area contributed by atoms with Crippen molar-refractivity contribution in [2.75, 3.05) is 19.8 Å². The lowest BCUT2D eigenvalue weighted by atomic mass is 10.00. The van der Waals surface area contributed by atoms with Crippen LogP contribution >= 0.6 is 0 Å². The predicted molar refractivity (Wildman–Crippen MR) is 97.7 cm³/mol. The minimum Gasteiger partial charge on any atom is -0.377 e. The van der Waals surface area contributed by atoms with Crippen molar-refractivity contribution in [1.29, 1.82) is 0 Å². The minimum absolute atomic E-state index is 0.160. The first-order valence-electron chi connectivity index (χ1n) is 9.10. The number of nitrogens with zero attached hydrogens (tertiary/aromatic N) is 4. The van der Waals surface area contributed by atoms with Crippen LogP contribution in [0.25, 0.3) is 11.0 Å². The second-order valence-electron chi connectivity index (χ2n) is 7.23. The SMILES string of the molecule is Cc1nc2c(cnn2C(C)C)c(C)c1CCC(=O)N1CCOC[C@H]1C. The Morgan fingerprint density at radius 3 is 2.84 bits per heavy atom. The van der Waals surface area contributed by atoms with E-state index in [4.69, 9.17) is 9.72 Å². The maximum atomic E-state index is 12.6. The van der Waals surface area contributed by atoms with Crippen LogP contribution in [0.5, 0.6) is 0 Å². The van der Waals surface area contributed by atoms with E-state index in [1.54, 1.807) is 0 Å². The van der Waals surface area contributed by atoms with Gasteiger partial charge < -0.3 is 9.64 Å². The normalized spacial score (nSPS) is 18.3. The van der Waals surface area contributed by atoms with Gasteiger partial charge in [-0.15, -0.1) is 0 Å². The van der Waals surface area contributed by atoms with Crippen molar-refractivity contribution in [3.63, 3.8) is 0 Å².